The molecule has 1 unspecified atom stereocenters. The third-order valence-corrected chi connectivity index (χ3v) is 3.13. The summed E-state index contributed by atoms with van der Waals surface area (Å²) in [5.74, 6) is 0.854. The van der Waals surface area contributed by atoms with Gasteiger partial charge in [-0.25, -0.2) is 0 Å². The summed E-state index contributed by atoms with van der Waals surface area (Å²) in [5, 5.41) is 2.80. The van der Waals surface area contributed by atoms with Crippen molar-refractivity contribution in [2.45, 2.75) is 39.0 Å². The summed E-state index contributed by atoms with van der Waals surface area (Å²) in [4.78, 5) is 11.6. The lowest BCUT2D eigenvalue weighted by Crippen LogP contribution is -2.29. The zero-order valence-electron chi connectivity index (χ0n) is 12.0. The van der Waals surface area contributed by atoms with Crippen LogP contribution in [0.1, 0.15) is 50.2 Å². The first-order valence-electron chi connectivity index (χ1n) is 6.61. The van der Waals surface area contributed by atoms with Crippen molar-refractivity contribution in [2.24, 2.45) is 5.73 Å². The maximum Gasteiger partial charge on any atom is 0.220 e. The van der Waals surface area contributed by atoms with Gasteiger partial charge in [-0.2, -0.15) is 0 Å². The summed E-state index contributed by atoms with van der Waals surface area (Å²) in [7, 11) is 0. The van der Waals surface area contributed by atoms with Crippen molar-refractivity contribution in [3.63, 3.8) is 0 Å². The van der Waals surface area contributed by atoms with Crippen molar-refractivity contribution < 1.29 is 4.79 Å². The molecule has 0 heterocycles. The van der Waals surface area contributed by atoms with E-state index in [0.717, 1.165) is 0 Å². The molecule has 1 aromatic carbocycles. The Bertz CT molecular complexity index is 376. The highest BCUT2D eigenvalue weighted by Gasteiger charge is 2.11. The molecule has 19 heavy (non-hydrogen) atoms. The lowest BCUT2D eigenvalue weighted by molar-refractivity contribution is -0.121. The predicted molar refractivity (Wildman–Crippen MR) is 82.9 cm³/mol. The first-order valence-corrected chi connectivity index (χ1v) is 6.61. The van der Waals surface area contributed by atoms with Crippen LogP contribution in [0.3, 0.4) is 0 Å². The first kappa shape index (κ1) is 17.9. The highest BCUT2D eigenvalue weighted by Crippen LogP contribution is 2.22. The van der Waals surface area contributed by atoms with Crippen molar-refractivity contribution in [1.29, 1.82) is 0 Å². The van der Waals surface area contributed by atoms with Crippen molar-refractivity contribution in [3.8, 4) is 0 Å². The Balaban J connectivity index is 0.00000324. The number of hydrogen-bond acceptors (Lipinski definition) is 2. The Morgan fingerprint density at radius 1 is 1.16 bits per heavy atom. The number of nitrogens with two attached hydrogens (primary N) is 1. The molecule has 0 aliphatic carbocycles. The Hall–Kier alpha value is -1.06. The zero-order valence-corrected chi connectivity index (χ0v) is 12.8. The summed E-state index contributed by atoms with van der Waals surface area (Å²) in [5.41, 5.74) is 7.89. The van der Waals surface area contributed by atoms with Gasteiger partial charge in [-0.05, 0) is 23.0 Å². The van der Waals surface area contributed by atoms with Gasteiger partial charge in [0.2, 0.25) is 5.91 Å². The number of carbonyl (C=O) groups excluding carboxylic acids is 1. The molecule has 1 rings (SSSR count). The number of hydrogen-bond donors (Lipinski definition) is 2. The molecule has 1 aromatic rings. The summed E-state index contributed by atoms with van der Waals surface area (Å²) in [6.45, 7) is 7.48. The van der Waals surface area contributed by atoms with E-state index in [1.165, 1.54) is 11.1 Å². The zero-order chi connectivity index (χ0) is 13.5. The number of rotatable bonds is 6. The van der Waals surface area contributed by atoms with Gasteiger partial charge in [0.15, 0.2) is 0 Å². The van der Waals surface area contributed by atoms with Crippen molar-refractivity contribution in [1.82, 2.24) is 5.32 Å². The predicted octanol–water partition coefficient (Wildman–Crippen LogP) is 2.80. The molecule has 108 valence electrons. The van der Waals surface area contributed by atoms with Gasteiger partial charge in [0.05, 0.1) is 0 Å². The molecule has 0 aliphatic heterocycles. The molecule has 0 aliphatic rings. The number of carbonyl (C=O) groups is 1. The highest BCUT2D eigenvalue weighted by atomic mass is 35.5. The van der Waals surface area contributed by atoms with Gasteiger partial charge in [0, 0.05) is 19.5 Å². The number of benzene rings is 1. The molecule has 0 bridgehead atoms. The second-order valence-corrected chi connectivity index (χ2v) is 5.07. The molecule has 3 nitrogen and oxygen atoms in total. The molecular formula is C15H25ClN2O. The highest BCUT2D eigenvalue weighted by molar-refractivity contribution is 5.85. The van der Waals surface area contributed by atoms with E-state index < -0.39 is 0 Å². The molecule has 4 heteroatoms. The standard InChI is InChI=1S/C15H24N2O.ClH/c1-11(2)13-4-6-14(7-5-13)12(3)10-15(18)17-9-8-16;/h4-7,11-12H,8-10,16H2,1-3H3,(H,17,18);1H. The van der Waals surface area contributed by atoms with Crippen LogP contribution in [-0.2, 0) is 4.79 Å². The van der Waals surface area contributed by atoms with E-state index in [1.54, 1.807) is 0 Å². The summed E-state index contributed by atoms with van der Waals surface area (Å²) < 4.78 is 0. The van der Waals surface area contributed by atoms with Crippen LogP contribution in [-0.4, -0.2) is 19.0 Å². The lowest BCUT2D eigenvalue weighted by Gasteiger charge is -2.13. The first-order chi connectivity index (χ1) is 8.54. The molecule has 0 aromatic heterocycles. The molecule has 0 fully saturated rings. The van der Waals surface area contributed by atoms with Crippen LogP contribution in [0, 0.1) is 0 Å². The van der Waals surface area contributed by atoms with E-state index in [2.05, 4.69) is 50.4 Å². The third-order valence-electron chi connectivity index (χ3n) is 3.13. The smallest absolute Gasteiger partial charge is 0.220 e. The Labute approximate surface area is 122 Å². The molecule has 1 atom stereocenters. The fraction of sp³-hybridized carbons (Fsp3) is 0.533. The molecule has 0 radical (unpaired) electrons. The molecule has 0 saturated heterocycles. The minimum atomic E-state index is 0. The SMILES string of the molecule is CC(C)c1ccc(C(C)CC(=O)NCCN)cc1.Cl. The van der Waals surface area contributed by atoms with Gasteiger partial charge in [0.1, 0.15) is 0 Å². The maximum atomic E-state index is 11.6. The van der Waals surface area contributed by atoms with Gasteiger partial charge >= 0.3 is 0 Å². The van der Waals surface area contributed by atoms with E-state index in [4.69, 9.17) is 5.73 Å². The van der Waals surface area contributed by atoms with Crippen molar-refractivity contribution in [2.75, 3.05) is 13.1 Å². The van der Waals surface area contributed by atoms with Gasteiger partial charge in [-0.15, -0.1) is 12.4 Å². The van der Waals surface area contributed by atoms with Gasteiger partial charge in [-0.3, -0.25) is 4.79 Å². The molecule has 0 saturated carbocycles. The average Bonchev–Trinajstić information content (AvgIpc) is 2.36. The molecular weight excluding hydrogens is 260 g/mol. The minimum Gasteiger partial charge on any atom is -0.355 e. The number of nitrogens with one attached hydrogen (secondary N) is 1. The summed E-state index contributed by atoms with van der Waals surface area (Å²) >= 11 is 0. The van der Waals surface area contributed by atoms with Crippen LogP contribution < -0.4 is 11.1 Å². The largest absolute Gasteiger partial charge is 0.355 e. The van der Waals surface area contributed by atoms with Crippen LogP contribution in [0.5, 0.6) is 0 Å². The average molecular weight is 285 g/mol. The minimum absolute atomic E-state index is 0. The second kappa shape index (κ2) is 8.94. The maximum absolute atomic E-state index is 11.6. The van der Waals surface area contributed by atoms with Crippen LogP contribution in [0.4, 0.5) is 0 Å². The van der Waals surface area contributed by atoms with Crippen LogP contribution in [0.25, 0.3) is 0 Å². The van der Waals surface area contributed by atoms with E-state index in [-0.39, 0.29) is 24.2 Å². The summed E-state index contributed by atoms with van der Waals surface area (Å²) in [6.07, 6.45) is 0.515. The molecule has 3 N–H and O–H groups in total. The number of amides is 1. The molecule has 1 amide bonds. The monoisotopic (exact) mass is 284 g/mol. The Morgan fingerprint density at radius 2 is 1.68 bits per heavy atom. The van der Waals surface area contributed by atoms with Gasteiger partial charge < -0.3 is 11.1 Å². The normalized spacial score (nSPS) is 11.8. The Kier molecular flexibility index (Phi) is 8.44. The molecule has 0 spiro atoms. The van der Waals surface area contributed by atoms with Gasteiger partial charge in [-0.1, -0.05) is 45.0 Å². The van der Waals surface area contributed by atoms with E-state index >= 15 is 0 Å². The third kappa shape index (κ3) is 6.08. The number of halogens is 1. The topological polar surface area (TPSA) is 55.1 Å². The second-order valence-electron chi connectivity index (χ2n) is 5.07. The summed E-state index contributed by atoms with van der Waals surface area (Å²) in [6, 6.07) is 8.54. The fourth-order valence-electron chi connectivity index (χ4n) is 1.89. The van der Waals surface area contributed by atoms with Crippen molar-refractivity contribution >= 4 is 18.3 Å². The van der Waals surface area contributed by atoms with Crippen LogP contribution >= 0.6 is 12.4 Å². The van der Waals surface area contributed by atoms with E-state index in [1.807, 2.05) is 0 Å². The van der Waals surface area contributed by atoms with E-state index in [9.17, 15) is 4.79 Å². The van der Waals surface area contributed by atoms with Crippen molar-refractivity contribution in [3.05, 3.63) is 35.4 Å². The Morgan fingerprint density at radius 3 is 2.16 bits per heavy atom. The van der Waals surface area contributed by atoms with Crippen LogP contribution in [0.2, 0.25) is 0 Å². The van der Waals surface area contributed by atoms with E-state index in [0.29, 0.717) is 25.4 Å². The van der Waals surface area contributed by atoms with Crippen LogP contribution in [0.15, 0.2) is 24.3 Å². The quantitative estimate of drug-likeness (QED) is 0.844. The van der Waals surface area contributed by atoms with Gasteiger partial charge in [0.25, 0.3) is 0 Å². The lowest BCUT2D eigenvalue weighted by atomic mass is 9.94. The fourth-order valence-corrected chi connectivity index (χ4v) is 1.89.